The summed E-state index contributed by atoms with van der Waals surface area (Å²) in [6.07, 6.45) is 0.471. The average molecular weight is 243 g/mol. The summed E-state index contributed by atoms with van der Waals surface area (Å²) in [5.74, 6) is 1.12. The Hall–Kier alpha value is -1.25. The largest absolute Gasteiger partial charge is 0.368 e. The third-order valence-electron chi connectivity index (χ3n) is 2.81. The Morgan fingerprint density at radius 2 is 1.35 bits per heavy atom. The van der Waals surface area contributed by atoms with Crippen molar-refractivity contribution < 1.29 is 4.74 Å². The fourth-order valence-corrected chi connectivity index (χ4v) is 4.04. The number of hydrogen-bond acceptors (Lipinski definition) is 1. The van der Waals surface area contributed by atoms with Crippen LogP contribution in [0.4, 0.5) is 0 Å². The van der Waals surface area contributed by atoms with Gasteiger partial charge >= 0.3 is 0 Å². The molecule has 2 aromatic rings. The third-order valence-corrected chi connectivity index (χ3v) is 5.20. The van der Waals surface area contributed by atoms with Gasteiger partial charge in [0.1, 0.15) is 11.9 Å². The molecule has 0 aromatic heterocycles. The zero-order valence-corrected chi connectivity index (χ0v) is 10.4. The minimum atomic E-state index is 0.156. The van der Waals surface area contributed by atoms with Crippen molar-refractivity contribution >= 4 is 10.9 Å². The molecule has 2 aromatic carbocycles. The van der Waals surface area contributed by atoms with E-state index < -0.39 is 0 Å². The number of epoxide rings is 1. The Labute approximate surface area is 105 Å². The van der Waals surface area contributed by atoms with Crippen LogP contribution < -0.4 is 0 Å². The highest BCUT2D eigenvalue weighted by atomic mass is 32.2. The quantitative estimate of drug-likeness (QED) is 0.594. The highest BCUT2D eigenvalue weighted by molar-refractivity contribution is 7.97. The van der Waals surface area contributed by atoms with E-state index in [0.717, 1.165) is 12.4 Å². The molecule has 1 atom stereocenters. The van der Waals surface area contributed by atoms with Crippen LogP contribution in [0.3, 0.4) is 0 Å². The first-order valence-electron chi connectivity index (χ1n) is 5.86. The summed E-state index contributed by atoms with van der Waals surface area (Å²) in [6.45, 7) is 0.934. The fourth-order valence-electron chi connectivity index (χ4n) is 1.85. The molecule has 0 saturated carbocycles. The smallest absolute Gasteiger partial charge is 0.160 e. The van der Waals surface area contributed by atoms with Gasteiger partial charge in [-0.25, -0.2) is 0 Å². The Morgan fingerprint density at radius 3 is 1.76 bits per heavy atom. The predicted molar refractivity (Wildman–Crippen MR) is 71.4 cm³/mol. The van der Waals surface area contributed by atoms with E-state index in [0.29, 0.717) is 6.10 Å². The van der Waals surface area contributed by atoms with Gasteiger partial charge in [0.2, 0.25) is 0 Å². The van der Waals surface area contributed by atoms with Crippen LogP contribution in [0, 0.1) is 0 Å². The third kappa shape index (κ3) is 2.71. The molecule has 0 aliphatic carbocycles. The maximum absolute atomic E-state index is 5.39. The van der Waals surface area contributed by atoms with Gasteiger partial charge in [-0.05, 0) is 24.3 Å². The zero-order valence-electron chi connectivity index (χ0n) is 9.58. The summed E-state index contributed by atoms with van der Waals surface area (Å²) in [6, 6.07) is 21.5. The predicted octanol–water partition coefficient (Wildman–Crippen LogP) is 3.12. The Morgan fingerprint density at radius 1 is 0.882 bits per heavy atom. The lowest BCUT2D eigenvalue weighted by molar-refractivity contribution is 0.425. The zero-order chi connectivity index (χ0) is 11.5. The molecule has 86 valence electrons. The molecule has 0 N–H and O–H groups in total. The van der Waals surface area contributed by atoms with Gasteiger partial charge in [0, 0.05) is 0 Å². The van der Waals surface area contributed by atoms with E-state index in [4.69, 9.17) is 4.74 Å². The van der Waals surface area contributed by atoms with Crippen molar-refractivity contribution in [2.45, 2.75) is 15.9 Å². The summed E-state index contributed by atoms with van der Waals surface area (Å²) < 4.78 is 5.39. The van der Waals surface area contributed by atoms with Gasteiger partial charge in [-0.3, -0.25) is 0 Å². The monoisotopic (exact) mass is 243 g/mol. The molecule has 1 unspecified atom stereocenters. The minimum absolute atomic E-state index is 0.156. The van der Waals surface area contributed by atoms with Crippen molar-refractivity contribution in [3.8, 4) is 0 Å². The molecule has 1 aliphatic rings. The second-order valence-electron chi connectivity index (χ2n) is 4.14. The Bertz CT molecular complexity index is 425. The van der Waals surface area contributed by atoms with Gasteiger partial charge in [-0.15, -0.1) is 0 Å². The molecule has 0 spiro atoms. The number of hydrogen-bond donors (Lipinski definition) is 0. The SMILES string of the molecule is c1ccc([S+](CC2CO2)c2ccccc2)cc1. The first kappa shape index (κ1) is 10.9. The molecule has 0 amide bonds. The fraction of sp³-hybridized carbons (Fsp3) is 0.200. The lowest BCUT2D eigenvalue weighted by Crippen LogP contribution is -2.13. The van der Waals surface area contributed by atoms with Crippen LogP contribution in [0.15, 0.2) is 70.5 Å². The molecule has 0 radical (unpaired) electrons. The normalized spacial score (nSPS) is 18.3. The van der Waals surface area contributed by atoms with Gasteiger partial charge < -0.3 is 4.74 Å². The van der Waals surface area contributed by atoms with Crippen molar-refractivity contribution in [2.75, 3.05) is 12.4 Å². The standard InChI is InChI=1S/C15H15OS/c1-3-7-14(8-4-1)17(12-13-11-16-13)15-9-5-2-6-10-15/h1-10,13H,11-12H2/q+1. The lowest BCUT2D eigenvalue weighted by Gasteiger charge is -2.06. The molecule has 1 nitrogen and oxygen atoms in total. The second kappa shape index (κ2) is 4.94. The van der Waals surface area contributed by atoms with Crippen LogP contribution in [-0.2, 0) is 15.6 Å². The number of rotatable bonds is 4. The van der Waals surface area contributed by atoms with Crippen molar-refractivity contribution in [1.82, 2.24) is 0 Å². The first-order chi connectivity index (χ1) is 8.43. The van der Waals surface area contributed by atoms with E-state index in [1.165, 1.54) is 9.79 Å². The van der Waals surface area contributed by atoms with E-state index in [9.17, 15) is 0 Å². The molecule has 1 aliphatic heterocycles. The summed E-state index contributed by atoms with van der Waals surface area (Å²) in [4.78, 5) is 2.82. The second-order valence-corrected chi connectivity index (χ2v) is 6.20. The van der Waals surface area contributed by atoms with Crippen molar-refractivity contribution in [2.24, 2.45) is 0 Å². The maximum Gasteiger partial charge on any atom is 0.160 e. The van der Waals surface area contributed by atoms with Gasteiger partial charge in [-0.1, -0.05) is 36.4 Å². The first-order valence-corrected chi connectivity index (χ1v) is 7.25. The molecule has 1 heterocycles. The number of ether oxygens (including phenoxy) is 1. The minimum Gasteiger partial charge on any atom is -0.368 e. The van der Waals surface area contributed by atoms with E-state index in [1.54, 1.807) is 0 Å². The van der Waals surface area contributed by atoms with Crippen LogP contribution in [0.25, 0.3) is 0 Å². The topological polar surface area (TPSA) is 12.5 Å². The summed E-state index contributed by atoms with van der Waals surface area (Å²) in [5.41, 5.74) is 0. The molecule has 2 heteroatoms. The summed E-state index contributed by atoms with van der Waals surface area (Å²) in [7, 11) is 0.156. The average Bonchev–Trinajstić information content (AvgIpc) is 3.22. The Balaban J connectivity index is 1.91. The highest BCUT2D eigenvalue weighted by Crippen LogP contribution is 2.27. The van der Waals surface area contributed by atoms with Gasteiger partial charge in [0.15, 0.2) is 9.79 Å². The van der Waals surface area contributed by atoms with Crippen molar-refractivity contribution in [1.29, 1.82) is 0 Å². The van der Waals surface area contributed by atoms with Gasteiger partial charge in [0.25, 0.3) is 0 Å². The van der Waals surface area contributed by atoms with Crippen molar-refractivity contribution in [3.05, 3.63) is 60.7 Å². The van der Waals surface area contributed by atoms with E-state index in [2.05, 4.69) is 60.7 Å². The molecule has 1 saturated heterocycles. The molecular weight excluding hydrogens is 228 g/mol. The highest BCUT2D eigenvalue weighted by Gasteiger charge is 2.35. The van der Waals surface area contributed by atoms with Gasteiger partial charge in [0.05, 0.1) is 17.5 Å². The maximum atomic E-state index is 5.39. The van der Waals surface area contributed by atoms with E-state index in [1.807, 2.05) is 0 Å². The molecule has 0 bridgehead atoms. The van der Waals surface area contributed by atoms with Crippen LogP contribution in [-0.4, -0.2) is 18.5 Å². The molecule has 3 rings (SSSR count). The van der Waals surface area contributed by atoms with Crippen LogP contribution in [0.1, 0.15) is 0 Å². The summed E-state index contributed by atoms with van der Waals surface area (Å²) >= 11 is 0. The van der Waals surface area contributed by atoms with Crippen molar-refractivity contribution in [3.63, 3.8) is 0 Å². The lowest BCUT2D eigenvalue weighted by atomic mass is 10.4. The van der Waals surface area contributed by atoms with Crippen LogP contribution >= 0.6 is 0 Å². The van der Waals surface area contributed by atoms with E-state index >= 15 is 0 Å². The van der Waals surface area contributed by atoms with Crippen LogP contribution in [0.5, 0.6) is 0 Å². The van der Waals surface area contributed by atoms with Gasteiger partial charge in [-0.2, -0.15) is 0 Å². The molecule has 1 fully saturated rings. The summed E-state index contributed by atoms with van der Waals surface area (Å²) in [5, 5.41) is 0. The molecule has 17 heavy (non-hydrogen) atoms. The van der Waals surface area contributed by atoms with E-state index in [-0.39, 0.29) is 10.9 Å². The number of benzene rings is 2. The van der Waals surface area contributed by atoms with Crippen LogP contribution in [0.2, 0.25) is 0 Å². The Kier molecular flexibility index (Phi) is 3.16. The molecular formula is C15H15OS+.